The van der Waals surface area contributed by atoms with Crippen LogP contribution in [0, 0.1) is 0 Å². The van der Waals surface area contributed by atoms with Gasteiger partial charge >= 0.3 is 5.97 Å². The first-order valence-electron chi connectivity index (χ1n) is 10.3. The number of carbonyl (C=O) groups is 1. The number of likely N-dealkylation sites (tertiary alicyclic amines) is 1. The molecule has 0 aliphatic carbocycles. The normalized spacial score (nSPS) is 17.1. The minimum absolute atomic E-state index is 0.245. The number of hydrogen-bond donors (Lipinski definition) is 0. The third-order valence-corrected chi connectivity index (χ3v) is 5.56. The van der Waals surface area contributed by atoms with Gasteiger partial charge in [0.1, 0.15) is 5.52 Å². The lowest BCUT2D eigenvalue weighted by Crippen LogP contribution is -2.34. The predicted molar refractivity (Wildman–Crippen MR) is 112 cm³/mol. The van der Waals surface area contributed by atoms with E-state index in [2.05, 4.69) is 20.0 Å². The van der Waals surface area contributed by atoms with Gasteiger partial charge in [0, 0.05) is 18.0 Å². The van der Waals surface area contributed by atoms with Crippen molar-refractivity contribution < 1.29 is 18.5 Å². The van der Waals surface area contributed by atoms with Gasteiger partial charge in [0.15, 0.2) is 11.5 Å². The Hall–Kier alpha value is -3.52. The van der Waals surface area contributed by atoms with E-state index in [1.54, 1.807) is 24.3 Å². The maximum Gasteiger partial charge on any atom is 0.337 e. The van der Waals surface area contributed by atoms with Crippen LogP contribution in [0.15, 0.2) is 57.5 Å². The van der Waals surface area contributed by atoms with E-state index in [4.69, 9.17) is 13.7 Å². The molecule has 1 fully saturated rings. The van der Waals surface area contributed by atoms with Crippen molar-refractivity contribution in [2.75, 3.05) is 20.2 Å². The predicted octanol–water partition coefficient (Wildman–Crippen LogP) is 4.04. The number of aromatic nitrogens is 3. The van der Waals surface area contributed by atoms with Crippen LogP contribution in [0.3, 0.4) is 0 Å². The van der Waals surface area contributed by atoms with Crippen LogP contribution in [-0.2, 0) is 11.3 Å². The summed E-state index contributed by atoms with van der Waals surface area (Å²) in [5.41, 5.74) is 2.99. The number of nitrogens with zero attached hydrogens (tertiary/aromatic N) is 4. The van der Waals surface area contributed by atoms with Crippen molar-refractivity contribution in [3.8, 4) is 11.4 Å². The molecule has 3 heterocycles. The van der Waals surface area contributed by atoms with Gasteiger partial charge in [0.05, 0.1) is 19.2 Å². The number of ether oxygens (including phenoxy) is 1. The Balaban J connectivity index is 1.26. The van der Waals surface area contributed by atoms with Gasteiger partial charge in [-0.25, -0.2) is 9.78 Å². The van der Waals surface area contributed by atoms with E-state index >= 15 is 0 Å². The zero-order valence-electron chi connectivity index (χ0n) is 17.2. The molecule has 31 heavy (non-hydrogen) atoms. The number of esters is 1. The number of fused-ring (bicyclic) bond motifs is 1. The number of benzene rings is 2. The van der Waals surface area contributed by atoms with Crippen LogP contribution in [0.5, 0.6) is 0 Å². The molecule has 0 spiro atoms. The summed E-state index contributed by atoms with van der Waals surface area (Å²) in [6, 6.07) is 14.8. The number of hydrogen-bond acceptors (Lipinski definition) is 8. The molecular weight excluding hydrogens is 396 g/mol. The minimum atomic E-state index is -0.376. The van der Waals surface area contributed by atoms with Crippen LogP contribution >= 0.6 is 0 Å². The third-order valence-electron chi connectivity index (χ3n) is 5.56. The third kappa shape index (κ3) is 4.06. The summed E-state index contributed by atoms with van der Waals surface area (Å²) >= 11 is 0. The number of carbonyl (C=O) groups excluding carboxylic acids is 1. The highest BCUT2D eigenvalue weighted by Gasteiger charge is 2.26. The second-order valence-corrected chi connectivity index (χ2v) is 7.67. The second-order valence-electron chi connectivity index (χ2n) is 7.67. The lowest BCUT2D eigenvalue weighted by Gasteiger charge is -2.29. The molecule has 0 amide bonds. The van der Waals surface area contributed by atoms with Crippen LogP contribution in [0.4, 0.5) is 0 Å². The van der Waals surface area contributed by atoms with Gasteiger partial charge < -0.3 is 13.7 Å². The van der Waals surface area contributed by atoms with Gasteiger partial charge in [0.25, 0.3) is 0 Å². The van der Waals surface area contributed by atoms with Crippen LogP contribution in [0.1, 0.15) is 40.9 Å². The average molecular weight is 418 g/mol. The van der Waals surface area contributed by atoms with E-state index in [0.717, 1.165) is 48.5 Å². The van der Waals surface area contributed by atoms with Crippen LogP contribution in [0.2, 0.25) is 0 Å². The monoisotopic (exact) mass is 418 g/mol. The molecule has 1 atom stereocenters. The Labute approximate surface area is 178 Å². The van der Waals surface area contributed by atoms with E-state index in [0.29, 0.717) is 23.8 Å². The zero-order valence-corrected chi connectivity index (χ0v) is 17.2. The van der Waals surface area contributed by atoms with Crippen LogP contribution in [0.25, 0.3) is 22.5 Å². The number of para-hydroxylation sites is 2. The van der Waals surface area contributed by atoms with Crippen molar-refractivity contribution in [3.63, 3.8) is 0 Å². The van der Waals surface area contributed by atoms with E-state index in [1.807, 2.05) is 24.3 Å². The molecule has 1 aliphatic rings. The van der Waals surface area contributed by atoms with Crippen LogP contribution < -0.4 is 0 Å². The van der Waals surface area contributed by atoms with Crippen LogP contribution in [-0.4, -0.2) is 46.2 Å². The fourth-order valence-electron chi connectivity index (χ4n) is 3.97. The molecule has 2 aromatic heterocycles. The molecule has 1 saturated heterocycles. The standard InChI is InChI=1S/C23H22N4O4/c1-29-23(28)16-10-8-15(9-11-16)21-25-20(31-26-21)14-27-12-4-5-17(13-27)22-24-18-6-2-3-7-19(18)30-22/h2-3,6-11,17H,4-5,12-14H2,1H3. The van der Waals surface area contributed by atoms with Gasteiger partial charge in [0.2, 0.25) is 11.7 Å². The van der Waals surface area contributed by atoms with Crippen molar-refractivity contribution in [2.24, 2.45) is 0 Å². The Morgan fingerprint density at radius 3 is 2.81 bits per heavy atom. The van der Waals surface area contributed by atoms with E-state index in [-0.39, 0.29) is 11.9 Å². The Bertz CT molecular complexity index is 1160. The van der Waals surface area contributed by atoms with Crippen molar-refractivity contribution in [1.82, 2.24) is 20.0 Å². The largest absolute Gasteiger partial charge is 0.465 e. The first kappa shape index (κ1) is 19.4. The molecule has 0 saturated carbocycles. The highest BCUT2D eigenvalue weighted by Crippen LogP contribution is 2.29. The molecule has 8 nitrogen and oxygen atoms in total. The summed E-state index contributed by atoms with van der Waals surface area (Å²) in [7, 11) is 1.36. The molecule has 4 aromatic rings. The molecule has 158 valence electrons. The quantitative estimate of drug-likeness (QED) is 0.448. The maximum absolute atomic E-state index is 11.6. The minimum Gasteiger partial charge on any atom is -0.465 e. The smallest absolute Gasteiger partial charge is 0.337 e. The van der Waals surface area contributed by atoms with E-state index in [1.165, 1.54) is 7.11 Å². The Morgan fingerprint density at radius 1 is 1.16 bits per heavy atom. The van der Waals surface area contributed by atoms with Crippen molar-refractivity contribution in [3.05, 3.63) is 65.9 Å². The summed E-state index contributed by atoms with van der Waals surface area (Å²) in [4.78, 5) is 23.1. The van der Waals surface area contributed by atoms with E-state index in [9.17, 15) is 4.79 Å². The Kier molecular flexibility index (Phi) is 5.21. The summed E-state index contributed by atoms with van der Waals surface area (Å²) in [5, 5.41) is 4.09. The molecule has 2 aromatic carbocycles. The summed E-state index contributed by atoms with van der Waals surface area (Å²) in [6.45, 7) is 2.37. The second kappa shape index (κ2) is 8.31. The van der Waals surface area contributed by atoms with Gasteiger partial charge in [-0.2, -0.15) is 4.98 Å². The number of methoxy groups -OCH3 is 1. The van der Waals surface area contributed by atoms with Gasteiger partial charge in [-0.3, -0.25) is 4.90 Å². The lowest BCUT2D eigenvalue weighted by atomic mass is 9.98. The molecule has 0 bridgehead atoms. The summed E-state index contributed by atoms with van der Waals surface area (Å²) in [5.74, 6) is 1.72. The van der Waals surface area contributed by atoms with Crippen molar-refractivity contribution in [1.29, 1.82) is 0 Å². The SMILES string of the molecule is COC(=O)c1ccc(-c2noc(CN3CCCC(c4nc5ccccc5o4)C3)n2)cc1. The topological polar surface area (TPSA) is 94.5 Å². The number of oxazole rings is 1. The fraction of sp³-hybridized carbons (Fsp3) is 0.304. The first-order chi connectivity index (χ1) is 15.2. The molecule has 1 aliphatic heterocycles. The molecule has 5 rings (SSSR count). The van der Waals surface area contributed by atoms with Gasteiger partial charge in [-0.1, -0.05) is 29.4 Å². The first-order valence-corrected chi connectivity index (χ1v) is 10.3. The molecular formula is C23H22N4O4. The lowest BCUT2D eigenvalue weighted by molar-refractivity contribution is 0.0600. The van der Waals surface area contributed by atoms with E-state index < -0.39 is 0 Å². The van der Waals surface area contributed by atoms with Gasteiger partial charge in [-0.15, -0.1) is 0 Å². The summed E-state index contributed by atoms with van der Waals surface area (Å²) < 4.78 is 16.2. The highest BCUT2D eigenvalue weighted by atomic mass is 16.5. The molecule has 0 radical (unpaired) electrons. The fourth-order valence-corrected chi connectivity index (χ4v) is 3.97. The molecule has 0 N–H and O–H groups in total. The zero-order chi connectivity index (χ0) is 21.2. The average Bonchev–Trinajstić information content (AvgIpc) is 3.46. The number of piperidine rings is 1. The van der Waals surface area contributed by atoms with Gasteiger partial charge in [-0.05, 0) is 43.7 Å². The summed E-state index contributed by atoms with van der Waals surface area (Å²) in [6.07, 6.45) is 2.10. The molecule has 8 heteroatoms. The van der Waals surface area contributed by atoms with Crippen molar-refractivity contribution in [2.45, 2.75) is 25.3 Å². The maximum atomic E-state index is 11.6. The number of rotatable bonds is 5. The molecule has 1 unspecified atom stereocenters. The van der Waals surface area contributed by atoms with Crippen molar-refractivity contribution >= 4 is 17.1 Å². The highest BCUT2D eigenvalue weighted by molar-refractivity contribution is 5.89. The Morgan fingerprint density at radius 2 is 2.00 bits per heavy atom.